The molecule has 0 amide bonds. The maximum atomic E-state index is 8.85. The number of fused-ring (bicyclic) bond motifs is 2. The van der Waals surface area contributed by atoms with Gasteiger partial charge in [0.15, 0.2) is 0 Å². The largest absolute Gasteiger partial charge is 0.299 e. The van der Waals surface area contributed by atoms with Gasteiger partial charge in [-0.3, -0.25) is 8.97 Å². The van der Waals surface area contributed by atoms with Crippen molar-refractivity contribution in [3.63, 3.8) is 0 Å². The van der Waals surface area contributed by atoms with E-state index in [0.717, 1.165) is 61.6 Å². The van der Waals surface area contributed by atoms with Crippen LogP contribution in [0, 0.1) is 0 Å². The van der Waals surface area contributed by atoms with Crippen molar-refractivity contribution in [1.82, 2.24) is 18.9 Å². The Bertz CT molecular complexity index is 2800. The van der Waals surface area contributed by atoms with Gasteiger partial charge in [-0.15, -0.1) is 0 Å². The minimum atomic E-state index is -0.427. The fourth-order valence-corrected chi connectivity index (χ4v) is 6.41. The van der Waals surface area contributed by atoms with Crippen LogP contribution in [-0.4, -0.2) is 18.9 Å². The van der Waals surface area contributed by atoms with Crippen LogP contribution < -0.4 is 0 Å². The van der Waals surface area contributed by atoms with Gasteiger partial charge in [0, 0.05) is 28.6 Å². The molecule has 0 bridgehead atoms. The molecule has 226 valence electrons. The summed E-state index contributed by atoms with van der Waals surface area (Å²) in [5.74, 6) is 0.669. The van der Waals surface area contributed by atoms with Gasteiger partial charge in [-0.05, 0) is 76.9 Å². The molecule has 0 unspecified atom stereocenters. The molecule has 0 N–H and O–H groups in total. The molecule has 9 rings (SSSR count). The van der Waals surface area contributed by atoms with Gasteiger partial charge >= 0.3 is 0 Å². The lowest BCUT2D eigenvalue weighted by Crippen LogP contribution is -1.98. The summed E-state index contributed by atoms with van der Waals surface area (Å²) < 4.78 is 47.0. The highest BCUT2D eigenvalue weighted by molar-refractivity contribution is 5.87. The zero-order valence-corrected chi connectivity index (χ0v) is 25.7. The Morgan fingerprint density at radius 2 is 1.12 bits per heavy atom. The van der Waals surface area contributed by atoms with Crippen molar-refractivity contribution >= 4 is 16.7 Å². The fraction of sp³-hybridized carbons (Fsp3) is 0. The maximum absolute atomic E-state index is 8.85. The van der Waals surface area contributed by atoms with Gasteiger partial charge in [-0.2, -0.15) is 0 Å². The molecule has 0 aliphatic rings. The maximum Gasteiger partial charge on any atom is 0.145 e. The summed E-state index contributed by atoms with van der Waals surface area (Å²) in [6.45, 7) is 0. The predicted molar refractivity (Wildman–Crippen MR) is 197 cm³/mol. The molecular weight excluding hydrogens is 585 g/mol. The number of aromatic nitrogens is 4. The summed E-state index contributed by atoms with van der Waals surface area (Å²) in [5.41, 5.74) is 10.5. The SMILES string of the molecule is [2H]c1c([2H])c([2H])c(-c2cc(-c3ccc(-c4c(-c5ccccc5)nc5ccccn45)cc3)cc(-c3nc4ccccc4n3-c3ccccc3)c2)c([2H])c1[2H]. The Balaban J connectivity index is 1.26. The van der Waals surface area contributed by atoms with E-state index in [-0.39, 0.29) is 29.7 Å². The highest BCUT2D eigenvalue weighted by atomic mass is 15.1. The smallest absolute Gasteiger partial charge is 0.145 e. The van der Waals surface area contributed by atoms with E-state index in [0.29, 0.717) is 11.4 Å². The topological polar surface area (TPSA) is 35.1 Å². The molecule has 0 saturated carbocycles. The summed E-state index contributed by atoms with van der Waals surface area (Å²) in [6, 6.07) is 46.4. The van der Waals surface area contributed by atoms with Gasteiger partial charge in [0.05, 0.1) is 29.3 Å². The van der Waals surface area contributed by atoms with Crippen molar-refractivity contribution in [1.29, 1.82) is 0 Å². The monoisotopic (exact) mass is 619 g/mol. The molecule has 4 nitrogen and oxygen atoms in total. The molecule has 3 heterocycles. The zero-order chi connectivity index (χ0) is 36.2. The molecule has 3 aromatic heterocycles. The number of pyridine rings is 1. The van der Waals surface area contributed by atoms with Crippen LogP contribution in [0.4, 0.5) is 0 Å². The number of rotatable bonds is 6. The molecule has 9 aromatic rings. The molecule has 0 fully saturated rings. The molecule has 6 aromatic carbocycles. The number of benzene rings is 6. The van der Waals surface area contributed by atoms with Crippen molar-refractivity contribution in [2.24, 2.45) is 0 Å². The van der Waals surface area contributed by atoms with Gasteiger partial charge in [0.1, 0.15) is 11.5 Å². The number of para-hydroxylation sites is 3. The minimum Gasteiger partial charge on any atom is -0.299 e. The standard InChI is InChI=1S/C44H30N4/c1-4-14-31(15-5-1)35-28-36(30-37(29-35)44-45-39-20-10-11-21-40(39)48(44)38-18-8-3-9-19-38)32-23-25-34(26-24-32)43-42(33-16-6-2-7-17-33)46-41-22-12-13-27-47(41)43/h1-30H/i1D,4D,5D,14D,15D. The molecule has 0 radical (unpaired) electrons. The first kappa shape index (κ1) is 22.9. The van der Waals surface area contributed by atoms with Crippen LogP contribution in [0.3, 0.4) is 0 Å². The average Bonchev–Trinajstić information content (AvgIpc) is 3.80. The Hall–Kier alpha value is -6.52. The van der Waals surface area contributed by atoms with Crippen molar-refractivity contribution in [2.45, 2.75) is 0 Å². The summed E-state index contributed by atoms with van der Waals surface area (Å²) >= 11 is 0. The lowest BCUT2D eigenvalue weighted by molar-refractivity contribution is 1.10. The normalized spacial score (nSPS) is 12.8. The van der Waals surface area contributed by atoms with E-state index in [1.807, 2.05) is 109 Å². The number of nitrogens with zero attached hydrogens (tertiary/aromatic N) is 4. The first-order valence-electron chi connectivity index (χ1n) is 18.3. The summed E-state index contributed by atoms with van der Waals surface area (Å²) in [7, 11) is 0. The Morgan fingerprint density at radius 3 is 1.92 bits per heavy atom. The molecule has 0 spiro atoms. The summed E-state index contributed by atoms with van der Waals surface area (Å²) in [6.07, 6.45) is 2.02. The average molecular weight is 620 g/mol. The van der Waals surface area contributed by atoms with Gasteiger partial charge in [0.25, 0.3) is 0 Å². The van der Waals surface area contributed by atoms with Crippen LogP contribution in [0.1, 0.15) is 6.85 Å². The van der Waals surface area contributed by atoms with E-state index in [2.05, 4.69) is 51.4 Å². The van der Waals surface area contributed by atoms with E-state index in [4.69, 9.17) is 16.8 Å². The van der Waals surface area contributed by atoms with E-state index >= 15 is 0 Å². The third kappa shape index (κ3) is 4.88. The molecular formula is C44H30N4. The molecule has 0 aliphatic carbocycles. The van der Waals surface area contributed by atoms with E-state index in [1.54, 1.807) is 0 Å². The molecule has 4 heteroatoms. The van der Waals surface area contributed by atoms with Crippen molar-refractivity contribution in [3.8, 4) is 61.8 Å². The second-order valence-electron chi connectivity index (χ2n) is 11.6. The van der Waals surface area contributed by atoms with Crippen LogP contribution >= 0.6 is 0 Å². The second kappa shape index (κ2) is 11.7. The van der Waals surface area contributed by atoms with Crippen molar-refractivity contribution in [3.05, 3.63) is 182 Å². The first-order valence-corrected chi connectivity index (χ1v) is 15.8. The van der Waals surface area contributed by atoms with Crippen LogP contribution in [0.5, 0.6) is 0 Å². The molecule has 48 heavy (non-hydrogen) atoms. The lowest BCUT2D eigenvalue weighted by Gasteiger charge is -2.14. The fourth-order valence-electron chi connectivity index (χ4n) is 6.41. The highest BCUT2D eigenvalue weighted by Gasteiger charge is 2.18. The third-order valence-electron chi connectivity index (χ3n) is 8.62. The summed E-state index contributed by atoms with van der Waals surface area (Å²) in [4.78, 5) is 10.1. The minimum absolute atomic E-state index is 0.135. The van der Waals surface area contributed by atoms with E-state index < -0.39 is 6.04 Å². The van der Waals surface area contributed by atoms with Crippen LogP contribution in [0.15, 0.2) is 182 Å². The summed E-state index contributed by atoms with van der Waals surface area (Å²) in [5, 5.41) is 0. The van der Waals surface area contributed by atoms with Gasteiger partial charge in [-0.1, -0.05) is 121 Å². The highest BCUT2D eigenvalue weighted by Crippen LogP contribution is 2.37. The zero-order valence-electron chi connectivity index (χ0n) is 30.7. The van der Waals surface area contributed by atoms with E-state index in [1.165, 1.54) is 0 Å². The van der Waals surface area contributed by atoms with Crippen LogP contribution in [-0.2, 0) is 0 Å². The quantitative estimate of drug-likeness (QED) is 0.186. The molecule has 0 saturated heterocycles. The number of hydrogen-bond donors (Lipinski definition) is 0. The van der Waals surface area contributed by atoms with Crippen molar-refractivity contribution < 1.29 is 6.85 Å². The van der Waals surface area contributed by atoms with Crippen molar-refractivity contribution in [2.75, 3.05) is 0 Å². The van der Waals surface area contributed by atoms with Gasteiger partial charge in [0.2, 0.25) is 0 Å². The van der Waals surface area contributed by atoms with Crippen LogP contribution in [0.25, 0.3) is 78.5 Å². The Morgan fingerprint density at radius 1 is 0.479 bits per heavy atom. The number of imidazole rings is 2. The Labute approximate surface area is 285 Å². The van der Waals surface area contributed by atoms with Crippen LogP contribution in [0.2, 0.25) is 0 Å². The Kier molecular flexibility index (Phi) is 5.58. The first-order chi connectivity index (χ1) is 25.9. The van der Waals surface area contributed by atoms with Gasteiger partial charge in [-0.25, -0.2) is 9.97 Å². The third-order valence-corrected chi connectivity index (χ3v) is 8.62. The number of hydrogen-bond acceptors (Lipinski definition) is 2. The lowest BCUT2D eigenvalue weighted by atomic mass is 9.94. The molecule has 0 atom stereocenters. The van der Waals surface area contributed by atoms with E-state index in [9.17, 15) is 0 Å². The van der Waals surface area contributed by atoms with Gasteiger partial charge < -0.3 is 0 Å². The predicted octanol–water partition coefficient (Wildman–Crippen LogP) is 11.0. The second-order valence-corrected chi connectivity index (χ2v) is 11.6. The molecule has 0 aliphatic heterocycles.